The number of halogens is 1. The molecule has 118 valence electrons. The van der Waals surface area contributed by atoms with Crippen molar-refractivity contribution in [2.75, 3.05) is 0 Å². The monoisotopic (exact) mass is 379 g/mol. The Bertz CT molecular complexity index is 1040. The minimum Gasteiger partial charge on any atom is -0.507 e. The normalized spacial score (nSPS) is 11.1. The van der Waals surface area contributed by atoms with Crippen molar-refractivity contribution in [3.63, 3.8) is 0 Å². The van der Waals surface area contributed by atoms with Crippen LogP contribution in [-0.4, -0.2) is 19.9 Å². The maximum Gasteiger partial charge on any atom is 0.163 e. The second kappa shape index (κ2) is 5.76. The van der Waals surface area contributed by atoms with Crippen molar-refractivity contribution in [3.05, 3.63) is 70.8 Å². The Hall–Kier alpha value is -2.66. The zero-order valence-corrected chi connectivity index (χ0v) is 14.5. The minimum absolute atomic E-state index is 0.201. The Morgan fingerprint density at radius 2 is 1.79 bits per heavy atom. The number of hydrogen-bond acceptors (Lipinski definition) is 3. The number of hydrogen-bond donors (Lipinski definition) is 1. The molecule has 2 heterocycles. The summed E-state index contributed by atoms with van der Waals surface area (Å²) in [5, 5.41) is 15.8. The van der Waals surface area contributed by atoms with Gasteiger partial charge in [-0.2, -0.15) is 5.10 Å². The number of para-hydroxylation sites is 1. The van der Waals surface area contributed by atoms with Crippen LogP contribution >= 0.6 is 15.9 Å². The van der Waals surface area contributed by atoms with Crippen LogP contribution in [0, 0.1) is 6.92 Å². The zero-order valence-electron chi connectivity index (χ0n) is 12.9. The fourth-order valence-corrected chi connectivity index (χ4v) is 3.12. The van der Waals surface area contributed by atoms with Crippen LogP contribution in [0.5, 0.6) is 5.75 Å². The summed E-state index contributed by atoms with van der Waals surface area (Å²) in [6.45, 7) is 1.97. The lowest BCUT2D eigenvalue weighted by Gasteiger charge is -2.07. The van der Waals surface area contributed by atoms with Gasteiger partial charge in [0.25, 0.3) is 0 Å². The molecule has 4 rings (SSSR count). The molecule has 0 fully saturated rings. The highest BCUT2D eigenvalue weighted by Crippen LogP contribution is 2.32. The van der Waals surface area contributed by atoms with Gasteiger partial charge in [-0.05, 0) is 49.4 Å². The molecule has 4 nitrogen and oxygen atoms in total. The summed E-state index contributed by atoms with van der Waals surface area (Å²) < 4.78 is 2.73. The van der Waals surface area contributed by atoms with Gasteiger partial charge in [0.1, 0.15) is 5.75 Å². The fraction of sp³-hybridized carbons (Fsp3) is 0.0526. The van der Waals surface area contributed by atoms with E-state index in [1.54, 1.807) is 12.1 Å². The first-order chi connectivity index (χ1) is 11.6. The van der Waals surface area contributed by atoms with Crippen molar-refractivity contribution in [2.24, 2.45) is 0 Å². The Balaban J connectivity index is 1.96. The highest BCUT2D eigenvalue weighted by atomic mass is 79.9. The number of aryl methyl sites for hydroxylation is 1. The fourth-order valence-electron chi connectivity index (χ4n) is 2.76. The van der Waals surface area contributed by atoms with Crippen molar-refractivity contribution in [1.82, 2.24) is 14.8 Å². The van der Waals surface area contributed by atoms with Crippen LogP contribution in [-0.2, 0) is 0 Å². The first kappa shape index (κ1) is 14.9. The third-order valence-electron chi connectivity index (χ3n) is 3.95. The molecule has 0 saturated carbocycles. The molecule has 5 heteroatoms. The van der Waals surface area contributed by atoms with Gasteiger partial charge in [-0.25, -0.2) is 9.67 Å². The Morgan fingerprint density at radius 3 is 2.58 bits per heavy atom. The van der Waals surface area contributed by atoms with Gasteiger partial charge in [0, 0.05) is 15.4 Å². The molecule has 0 unspecified atom stereocenters. The van der Waals surface area contributed by atoms with E-state index < -0.39 is 0 Å². The maximum absolute atomic E-state index is 10.2. The number of aromatic hydroxyl groups is 1. The number of rotatable bonds is 2. The molecule has 2 aromatic carbocycles. The number of phenols is 1. The van der Waals surface area contributed by atoms with Crippen molar-refractivity contribution in [1.29, 1.82) is 0 Å². The van der Waals surface area contributed by atoms with E-state index in [4.69, 9.17) is 4.98 Å². The van der Waals surface area contributed by atoms with Crippen LogP contribution in [0.15, 0.2) is 65.1 Å². The van der Waals surface area contributed by atoms with E-state index in [-0.39, 0.29) is 5.75 Å². The molecule has 0 aliphatic rings. The van der Waals surface area contributed by atoms with Gasteiger partial charge >= 0.3 is 0 Å². The lowest BCUT2D eigenvalue weighted by molar-refractivity contribution is 0.477. The van der Waals surface area contributed by atoms with E-state index in [0.717, 1.165) is 26.9 Å². The number of benzene rings is 2. The Kier molecular flexibility index (Phi) is 3.58. The van der Waals surface area contributed by atoms with Gasteiger partial charge in [0.2, 0.25) is 0 Å². The average molecular weight is 380 g/mol. The van der Waals surface area contributed by atoms with Gasteiger partial charge in [0.15, 0.2) is 5.65 Å². The first-order valence-corrected chi connectivity index (χ1v) is 8.33. The smallest absolute Gasteiger partial charge is 0.163 e. The van der Waals surface area contributed by atoms with Crippen LogP contribution in [0.3, 0.4) is 0 Å². The molecule has 4 aromatic rings. The van der Waals surface area contributed by atoms with E-state index >= 15 is 0 Å². The number of phenolic OH excluding ortho intramolecular Hbond substituents is 1. The first-order valence-electron chi connectivity index (χ1n) is 7.54. The predicted molar refractivity (Wildman–Crippen MR) is 98.4 cm³/mol. The lowest BCUT2D eigenvalue weighted by atomic mass is 10.1. The Labute approximate surface area is 147 Å². The Morgan fingerprint density at radius 1 is 1.00 bits per heavy atom. The number of aromatic nitrogens is 3. The molecule has 0 saturated heterocycles. The summed E-state index contributed by atoms with van der Waals surface area (Å²) in [7, 11) is 0. The standard InChI is InChI=1S/C19H14BrN3O/c1-12-15-8-9-17(16-11-13(20)7-10-18(16)24)21-19(15)23(22-12)14-5-3-2-4-6-14/h2-11,24H,1H3. The molecule has 1 N–H and O–H groups in total. The van der Waals surface area contributed by atoms with Crippen molar-refractivity contribution in [3.8, 4) is 22.7 Å². The molecule has 0 amide bonds. The molecular formula is C19H14BrN3O. The molecule has 0 aliphatic heterocycles. The third kappa shape index (κ3) is 2.47. The number of fused-ring (bicyclic) bond motifs is 1. The molecular weight excluding hydrogens is 366 g/mol. The molecule has 0 bridgehead atoms. The average Bonchev–Trinajstić information content (AvgIpc) is 2.94. The van der Waals surface area contributed by atoms with Crippen LogP contribution in [0.2, 0.25) is 0 Å². The summed E-state index contributed by atoms with van der Waals surface area (Å²) in [4.78, 5) is 4.76. The maximum atomic E-state index is 10.2. The molecule has 0 aliphatic carbocycles. The van der Waals surface area contributed by atoms with Gasteiger partial charge in [0.05, 0.1) is 17.1 Å². The summed E-state index contributed by atoms with van der Waals surface area (Å²) >= 11 is 3.44. The summed E-state index contributed by atoms with van der Waals surface area (Å²) in [5.74, 6) is 0.201. The second-order valence-electron chi connectivity index (χ2n) is 5.56. The molecule has 24 heavy (non-hydrogen) atoms. The minimum atomic E-state index is 0.201. The summed E-state index contributed by atoms with van der Waals surface area (Å²) in [5.41, 5.74) is 4.05. The lowest BCUT2D eigenvalue weighted by Crippen LogP contribution is -1.98. The largest absolute Gasteiger partial charge is 0.507 e. The zero-order chi connectivity index (χ0) is 16.7. The van der Waals surface area contributed by atoms with Gasteiger partial charge in [-0.15, -0.1) is 0 Å². The van der Waals surface area contributed by atoms with Crippen LogP contribution in [0.4, 0.5) is 0 Å². The number of pyridine rings is 1. The van der Waals surface area contributed by atoms with E-state index in [9.17, 15) is 5.11 Å². The van der Waals surface area contributed by atoms with Crippen molar-refractivity contribution < 1.29 is 5.11 Å². The van der Waals surface area contributed by atoms with Gasteiger partial charge in [-0.1, -0.05) is 34.1 Å². The summed E-state index contributed by atoms with van der Waals surface area (Å²) in [6.07, 6.45) is 0. The molecule has 0 radical (unpaired) electrons. The topological polar surface area (TPSA) is 50.9 Å². The van der Waals surface area contributed by atoms with Gasteiger partial charge < -0.3 is 5.11 Å². The molecule has 0 atom stereocenters. The molecule has 0 spiro atoms. The van der Waals surface area contributed by atoms with Crippen molar-refractivity contribution >= 4 is 27.0 Å². The highest BCUT2D eigenvalue weighted by molar-refractivity contribution is 9.10. The van der Waals surface area contributed by atoms with Crippen LogP contribution < -0.4 is 0 Å². The predicted octanol–water partition coefficient (Wildman–Crippen LogP) is 4.86. The second-order valence-corrected chi connectivity index (χ2v) is 6.48. The number of nitrogens with zero attached hydrogens (tertiary/aromatic N) is 3. The van der Waals surface area contributed by atoms with E-state index in [2.05, 4.69) is 21.0 Å². The SMILES string of the molecule is Cc1nn(-c2ccccc2)c2nc(-c3cc(Br)ccc3O)ccc12. The molecule has 2 aromatic heterocycles. The third-order valence-corrected chi connectivity index (χ3v) is 4.44. The van der Waals surface area contributed by atoms with E-state index in [1.807, 2.05) is 60.1 Å². The highest BCUT2D eigenvalue weighted by Gasteiger charge is 2.13. The van der Waals surface area contributed by atoms with E-state index in [0.29, 0.717) is 11.3 Å². The van der Waals surface area contributed by atoms with E-state index in [1.165, 1.54) is 0 Å². The summed E-state index contributed by atoms with van der Waals surface area (Å²) in [6, 6.07) is 19.1. The van der Waals surface area contributed by atoms with Crippen LogP contribution in [0.25, 0.3) is 28.0 Å². The van der Waals surface area contributed by atoms with Gasteiger partial charge in [-0.3, -0.25) is 0 Å². The van der Waals surface area contributed by atoms with Crippen molar-refractivity contribution in [2.45, 2.75) is 6.92 Å². The quantitative estimate of drug-likeness (QED) is 0.540. The van der Waals surface area contributed by atoms with Crippen LogP contribution in [0.1, 0.15) is 5.69 Å².